The first kappa shape index (κ1) is 16.8. The molecule has 0 heterocycles. The summed E-state index contributed by atoms with van der Waals surface area (Å²) in [7, 11) is 1.92. The van der Waals surface area contributed by atoms with Crippen LogP contribution in [0, 0.1) is 12.8 Å². The van der Waals surface area contributed by atoms with Crippen molar-refractivity contribution >= 4 is 0 Å². The number of ether oxygens (including phenoxy) is 2. The lowest BCUT2D eigenvalue weighted by atomic mass is 10.0. The van der Waals surface area contributed by atoms with Crippen LogP contribution in [0.1, 0.15) is 38.7 Å². The maximum absolute atomic E-state index is 5.87. The first-order valence-electron chi connectivity index (χ1n) is 7.71. The van der Waals surface area contributed by atoms with Crippen molar-refractivity contribution < 1.29 is 9.47 Å². The Bertz CT molecular complexity index is 375. The van der Waals surface area contributed by atoms with Gasteiger partial charge in [-0.2, -0.15) is 0 Å². The lowest BCUT2D eigenvalue weighted by molar-refractivity contribution is 0.268. The summed E-state index contributed by atoms with van der Waals surface area (Å²) in [6, 6.07) is 6.09. The first-order chi connectivity index (χ1) is 9.69. The lowest BCUT2D eigenvalue weighted by Crippen LogP contribution is -2.16. The lowest BCUT2D eigenvalue weighted by Gasteiger charge is -2.14. The maximum atomic E-state index is 5.87. The molecule has 0 fully saturated rings. The predicted octanol–water partition coefficient (Wildman–Crippen LogP) is 3.80. The van der Waals surface area contributed by atoms with Crippen LogP contribution in [0.15, 0.2) is 18.2 Å². The van der Waals surface area contributed by atoms with Crippen molar-refractivity contribution in [2.24, 2.45) is 5.92 Å². The maximum Gasteiger partial charge on any atom is 0.123 e. The number of hydrogen-bond acceptors (Lipinski definition) is 3. The molecule has 1 rings (SSSR count). The summed E-state index contributed by atoms with van der Waals surface area (Å²) in [5, 5.41) is 3.07. The Morgan fingerprint density at radius 3 is 2.15 bits per heavy atom. The number of aryl methyl sites for hydroxylation is 1. The van der Waals surface area contributed by atoms with Gasteiger partial charge in [-0.05, 0) is 44.0 Å². The number of hydrogen-bond donors (Lipinski definition) is 1. The first-order valence-corrected chi connectivity index (χ1v) is 7.71. The van der Waals surface area contributed by atoms with E-state index in [1.807, 2.05) is 19.2 Å². The Labute approximate surface area is 123 Å². The van der Waals surface area contributed by atoms with Crippen molar-refractivity contribution in [2.45, 2.75) is 40.0 Å². The van der Waals surface area contributed by atoms with Gasteiger partial charge in [0.25, 0.3) is 0 Å². The predicted molar refractivity (Wildman–Crippen MR) is 84.8 cm³/mol. The van der Waals surface area contributed by atoms with E-state index in [2.05, 4.69) is 32.2 Å². The quantitative estimate of drug-likeness (QED) is 0.661. The van der Waals surface area contributed by atoms with Gasteiger partial charge in [-0.3, -0.25) is 0 Å². The topological polar surface area (TPSA) is 30.5 Å². The monoisotopic (exact) mass is 279 g/mol. The van der Waals surface area contributed by atoms with Crippen LogP contribution < -0.4 is 14.8 Å². The molecular formula is C17H29NO2. The molecule has 0 unspecified atom stereocenters. The van der Waals surface area contributed by atoms with Crippen molar-refractivity contribution in [3.05, 3.63) is 23.8 Å². The van der Waals surface area contributed by atoms with Crippen molar-refractivity contribution in [3.8, 4) is 11.5 Å². The van der Waals surface area contributed by atoms with E-state index in [0.29, 0.717) is 6.61 Å². The molecular weight excluding hydrogens is 250 g/mol. The van der Waals surface area contributed by atoms with Gasteiger partial charge in [0.2, 0.25) is 0 Å². The zero-order chi connectivity index (χ0) is 14.8. The molecule has 0 atom stereocenters. The molecule has 114 valence electrons. The van der Waals surface area contributed by atoms with Gasteiger partial charge in [0.05, 0.1) is 6.61 Å². The molecule has 20 heavy (non-hydrogen) atoms. The van der Waals surface area contributed by atoms with Crippen LogP contribution in [0.3, 0.4) is 0 Å². The smallest absolute Gasteiger partial charge is 0.123 e. The van der Waals surface area contributed by atoms with Crippen LogP contribution in [-0.2, 0) is 0 Å². The van der Waals surface area contributed by atoms with Gasteiger partial charge in [-0.25, -0.2) is 0 Å². The average Bonchev–Trinajstić information content (AvgIpc) is 2.43. The van der Waals surface area contributed by atoms with Gasteiger partial charge in [0.15, 0.2) is 0 Å². The third kappa shape index (κ3) is 6.29. The minimum Gasteiger partial charge on any atom is -0.493 e. The number of rotatable bonds is 10. The highest BCUT2D eigenvalue weighted by atomic mass is 16.5. The van der Waals surface area contributed by atoms with Gasteiger partial charge in [0.1, 0.15) is 18.1 Å². The van der Waals surface area contributed by atoms with Crippen LogP contribution in [-0.4, -0.2) is 26.8 Å². The molecule has 3 nitrogen and oxygen atoms in total. The third-order valence-corrected chi connectivity index (χ3v) is 3.59. The molecule has 0 aromatic heterocycles. The second-order valence-corrected chi connectivity index (χ2v) is 5.25. The minimum absolute atomic E-state index is 0.674. The zero-order valence-electron chi connectivity index (χ0n) is 13.4. The van der Waals surface area contributed by atoms with Crippen LogP contribution in [0.4, 0.5) is 0 Å². The summed E-state index contributed by atoms with van der Waals surface area (Å²) in [4.78, 5) is 0. The fourth-order valence-corrected chi connectivity index (χ4v) is 2.19. The molecule has 0 bridgehead atoms. The Balaban J connectivity index is 2.48. The SMILES string of the molecule is CCC(CC)CCOc1cc(C)cc(OCCNC)c1. The Morgan fingerprint density at radius 2 is 1.60 bits per heavy atom. The highest BCUT2D eigenvalue weighted by molar-refractivity contribution is 5.37. The standard InChI is InChI=1S/C17H29NO2/c1-5-15(6-2)7-9-19-16-11-14(3)12-17(13-16)20-10-8-18-4/h11-13,15,18H,5-10H2,1-4H3. The van der Waals surface area contributed by atoms with Gasteiger partial charge in [-0.15, -0.1) is 0 Å². The summed E-state index contributed by atoms with van der Waals surface area (Å²) in [6.45, 7) is 8.86. The van der Waals surface area contributed by atoms with Crippen LogP contribution in [0.5, 0.6) is 11.5 Å². The van der Waals surface area contributed by atoms with Crippen LogP contribution >= 0.6 is 0 Å². The van der Waals surface area contributed by atoms with Crippen molar-refractivity contribution in [3.63, 3.8) is 0 Å². The van der Waals surface area contributed by atoms with Crippen molar-refractivity contribution in [1.82, 2.24) is 5.32 Å². The van der Waals surface area contributed by atoms with Crippen LogP contribution in [0.2, 0.25) is 0 Å². The zero-order valence-corrected chi connectivity index (χ0v) is 13.4. The van der Waals surface area contributed by atoms with E-state index in [1.165, 1.54) is 18.4 Å². The normalized spacial score (nSPS) is 10.8. The highest BCUT2D eigenvalue weighted by Gasteiger charge is 2.05. The Hall–Kier alpha value is -1.22. The van der Waals surface area contributed by atoms with Crippen molar-refractivity contribution in [2.75, 3.05) is 26.8 Å². The number of nitrogens with one attached hydrogen (secondary N) is 1. The second-order valence-electron chi connectivity index (χ2n) is 5.25. The average molecular weight is 279 g/mol. The Morgan fingerprint density at radius 1 is 1.00 bits per heavy atom. The summed E-state index contributed by atoms with van der Waals surface area (Å²) in [6.07, 6.45) is 3.58. The number of likely N-dealkylation sites (N-methyl/N-ethyl adjacent to an activating group) is 1. The Kier molecular flexibility index (Phi) is 8.12. The molecule has 0 aliphatic carbocycles. The second kappa shape index (κ2) is 9.65. The molecule has 0 saturated heterocycles. The van der Waals surface area contributed by atoms with Gasteiger partial charge in [-0.1, -0.05) is 26.7 Å². The van der Waals surface area contributed by atoms with Crippen LogP contribution in [0.25, 0.3) is 0 Å². The molecule has 0 aliphatic rings. The molecule has 0 radical (unpaired) electrons. The fourth-order valence-electron chi connectivity index (χ4n) is 2.19. The molecule has 1 N–H and O–H groups in total. The van der Waals surface area contributed by atoms with E-state index in [0.717, 1.165) is 37.0 Å². The van der Waals surface area contributed by atoms with E-state index in [-0.39, 0.29) is 0 Å². The molecule has 0 amide bonds. The summed E-state index contributed by atoms with van der Waals surface area (Å²) in [5.74, 6) is 2.57. The summed E-state index contributed by atoms with van der Waals surface area (Å²) < 4.78 is 11.6. The van der Waals surface area contributed by atoms with E-state index in [1.54, 1.807) is 0 Å². The van der Waals surface area contributed by atoms with E-state index < -0.39 is 0 Å². The molecule has 3 heteroatoms. The summed E-state index contributed by atoms with van der Waals surface area (Å²) >= 11 is 0. The number of benzene rings is 1. The fraction of sp³-hybridized carbons (Fsp3) is 0.647. The van der Waals surface area contributed by atoms with Gasteiger partial charge >= 0.3 is 0 Å². The molecule has 0 aliphatic heterocycles. The third-order valence-electron chi connectivity index (χ3n) is 3.59. The highest BCUT2D eigenvalue weighted by Crippen LogP contribution is 2.23. The minimum atomic E-state index is 0.674. The molecule has 0 spiro atoms. The van der Waals surface area contributed by atoms with E-state index in [9.17, 15) is 0 Å². The molecule has 1 aromatic carbocycles. The molecule has 0 saturated carbocycles. The van der Waals surface area contributed by atoms with E-state index >= 15 is 0 Å². The largest absolute Gasteiger partial charge is 0.493 e. The van der Waals surface area contributed by atoms with E-state index in [4.69, 9.17) is 9.47 Å². The van der Waals surface area contributed by atoms with Crippen molar-refractivity contribution in [1.29, 1.82) is 0 Å². The van der Waals surface area contributed by atoms with Gasteiger partial charge < -0.3 is 14.8 Å². The summed E-state index contributed by atoms with van der Waals surface area (Å²) in [5.41, 5.74) is 1.17. The van der Waals surface area contributed by atoms with Gasteiger partial charge in [0, 0.05) is 12.6 Å². The molecule has 1 aromatic rings.